The van der Waals surface area contributed by atoms with Gasteiger partial charge in [0.05, 0.1) is 11.1 Å². The molecule has 0 aliphatic carbocycles. The second kappa shape index (κ2) is 10.8. The lowest BCUT2D eigenvalue weighted by Crippen LogP contribution is -1.97. The van der Waals surface area contributed by atoms with E-state index in [9.17, 15) is 22.0 Å². The number of ether oxygens (including phenoxy) is 1. The molecule has 0 radical (unpaired) electrons. The lowest BCUT2D eigenvalue weighted by Gasteiger charge is -2.05. The highest BCUT2D eigenvalue weighted by molar-refractivity contribution is 5.84. The lowest BCUT2D eigenvalue weighted by molar-refractivity contribution is 0.357. The minimum absolute atomic E-state index is 0.0336. The second-order valence-electron chi connectivity index (χ2n) is 7.63. The Hall–Kier alpha value is -4.55. The van der Waals surface area contributed by atoms with Crippen LogP contribution in [-0.4, -0.2) is 6.61 Å². The van der Waals surface area contributed by atoms with Crippen LogP contribution in [0.1, 0.15) is 29.2 Å². The van der Waals surface area contributed by atoms with Crippen molar-refractivity contribution in [2.75, 3.05) is 6.61 Å². The van der Waals surface area contributed by atoms with Gasteiger partial charge in [0.2, 0.25) is 0 Å². The quantitative estimate of drug-likeness (QED) is 0.167. The molecule has 36 heavy (non-hydrogen) atoms. The highest BCUT2D eigenvalue weighted by Gasteiger charge is 2.10. The molecule has 0 spiro atoms. The first-order valence-corrected chi connectivity index (χ1v) is 10.8. The molecule has 0 N–H and O–H groups in total. The summed E-state index contributed by atoms with van der Waals surface area (Å²) in [6.07, 6.45) is 3.44. The Labute approximate surface area is 204 Å². The molecule has 0 aliphatic rings. The third-order valence-electron chi connectivity index (χ3n) is 5.15. The lowest BCUT2D eigenvalue weighted by atomic mass is 10.1. The zero-order valence-electron chi connectivity index (χ0n) is 18.9. The predicted octanol–water partition coefficient (Wildman–Crippen LogP) is 7.29. The van der Waals surface area contributed by atoms with Gasteiger partial charge in [-0.15, -0.1) is 0 Å². The van der Waals surface area contributed by atoms with Gasteiger partial charge in [-0.1, -0.05) is 48.0 Å². The number of allylic oxidation sites excluding steroid dienone is 1. The van der Waals surface area contributed by atoms with Crippen LogP contribution in [0.3, 0.4) is 0 Å². The summed E-state index contributed by atoms with van der Waals surface area (Å²) >= 11 is 0. The molecular formula is C30H17F5O. The van der Waals surface area contributed by atoms with Gasteiger partial charge in [-0.2, -0.15) is 0 Å². The van der Waals surface area contributed by atoms with E-state index in [-0.39, 0.29) is 28.9 Å². The van der Waals surface area contributed by atoms with Crippen molar-refractivity contribution >= 4 is 10.8 Å². The molecule has 0 unspecified atom stereocenters. The normalized spacial score (nSPS) is 10.6. The summed E-state index contributed by atoms with van der Waals surface area (Å²) in [4.78, 5) is 0. The van der Waals surface area contributed by atoms with Crippen LogP contribution in [0.4, 0.5) is 22.0 Å². The maximum atomic E-state index is 14.6. The predicted molar refractivity (Wildman–Crippen MR) is 129 cm³/mol. The van der Waals surface area contributed by atoms with Crippen molar-refractivity contribution in [3.63, 3.8) is 0 Å². The molecule has 0 aromatic heterocycles. The SMILES string of the molecule is C/C=C/COc1cc(F)c(C#Cc2ccc(C#Cc3ccc4c(F)c(F)ccc4c3)c(F)c2)c(F)c1. The van der Waals surface area contributed by atoms with Gasteiger partial charge in [-0.05, 0) is 48.7 Å². The van der Waals surface area contributed by atoms with Crippen LogP contribution in [0.25, 0.3) is 10.8 Å². The van der Waals surface area contributed by atoms with Crippen molar-refractivity contribution in [2.45, 2.75) is 6.92 Å². The van der Waals surface area contributed by atoms with E-state index < -0.39 is 34.6 Å². The van der Waals surface area contributed by atoms with Gasteiger partial charge >= 0.3 is 0 Å². The summed E-state index contributed by atoms with van der Waals surface area (Å²) < 4.78 is 75.6. The van der Waals surface area contributed by atoms with Gasteiger partial charge in [-0.3, -0.25) is 0 Å². The molecule has 4 aromatic carbocycles. The molecule has 0 saturated heterocycles. The van der Waals surface area contributed by atoms with Gasteiger partial charge in [0, 0.05) is 28.6 Å². The maximum absolute atomic E-state index is 14.6. The van der Waals surface area contributed by atoms with Crippen molar-refractivity contribution in [3.05, 3.63) is 124 Å². The van der Waals surface area contributed by atoms with E-state index in [0.29, 0.717) is 10.9 Å². The second-order valence-corrected chi connectivity index (χ2v) is 7.63. The fraction of sp³-hybridized carbons (Fsp3) is 0.0667. The van der Waals surface area contributed by atoms with E-state index in [4.69, 9.17) is 4.74 Å². The average Bonchev–Trinajstić information content (AvgIpc) is 2.85. The molecule has 1 nitrogen and oxygen atoms in total. The van der Waals surface area contributed by atoms with Gasteiger partial charge in [-0.25, -0.2) is 22.0 Å². The van der Waals surface area contributed by atoms with Crippen LogP contribution < -0.4 is 4.74 Å². The molecule has 0 saturated carbocycles. The Kier molecular flexibility index (Phi) is 7.37. The molecule has 0 atom stereocenters. The van der Waals surface area contributed by atoms with Crippen LogP contribution in [-0.2, 0) is 0 Å². The fourth-order valence-electron chi connectivity index (χ4n) is 3.30. The zero-order valence-corrected chi connectivity index (χ0v) is 18.9. The molecule has 0 bridgehead atoms. The molecule has 0 heterocycles. The summed E-state index contributed by atoms with van der Waals surface area (Å²) in [6.45, 7) is 1.97. The van der Waals surface area contributed by atoms with Crippen LogP contribution in [0, 0.1) is 52.8 Å². The summed E-state index contributed by atoms with van der Waals surface area (Å²) in [7, 11) is 0. The third kappa shape index (κ3) is 5.56. The molecule has 4 rings (SSSR count). The van der Waals surface area contributed by atoms with E-state index >= 15 is 0 Å². The Bertz CT molecular complexity index is 1590. The summed E-state index contributed by atoms with van der Waals surface area (Å²) in [5.74, 6) is 6.12. The van der Waals surface area contributed by atoms with Gasteiger partial charge in [0.25, 0.3) is 0 Å². The molecule has 0 aliphatic heterocycles. The number of fused-ring (bicyclic) bond motifs is 1. The van der Waals surface area contributed by atoms with E-state index in [2.05, 4.69) is 23.7 Å². The fourth-order valence-corrected chi connectivity index (χ4v) is 3.30. The highest BCUT2D eigenvalue weighted by Crippen LogP contribution is 2.22. The summed E-state index contributed by atoms with van der Waals surface area (Å²) in [5, 5.41) is 0.585. The first-order chi connectivity index (χ1) is 17.4. The number of hydrogen-bond donors (Lipinski definition) is 0. The summed E-state index contributed by atoms with van der Waals surface area (Å²) in [5.41, 5.74) is 0.311. The smallest absolute Gasteiger partial charge is 0.166 e. The Balaban J connectivity index is 1.54. The van der Waals surface area contributed by atoms with Crippen LogP contribution in [0.5, 0.6) is 5.75 Å². The van der Waals surface area contributed by atoms with Crippen molar-refractivity contribution < 1.29 is 26.7 Å². The van der Waals surface area contributed by atoms with Crippen molar-refractivity contribution in [1.82, 2.24) is 0 Å². The minimum atomic E-state index is -0.942. The zero-order chi connectivity index (χ0) is 25.7. The largest absolute Gasteiger partial charge is 0.489 e. The number of rotatable bonds is 3. The van der Waals surface area contributed by atoms with Gasteiger partial charge in [0.15, 0.2) is 11.6 Å². The van der Waals surface area contributed by atoms with Crippen LogP contribution >= 0.6 is 0 Å². The number of halogens is 5. The molecule has 6 heteroatoms. The molecule has 178 valence electrons. The first-order valence-electron chi connectivity index (χ1n) is 10.8. The standard InChI is InChI=1S/C30H17F5O/c1-2-3-14-36-23-17-28(33)25(29(34)18-23)12-7-20-5-9-21(27(32)16-20)8-4-19-6-11-24-22(15-19)10-13-26(31)30(24)35/h2-3,5-6,9-11,13,15-18H,14H2,1H3/b3-2+. The molecule has 0 amide bonds. The first kappa shape index (κ1) is 24.6. The maximum Gasteiger partial charge on any atom is 0.166 e. The van der Waals surface area contributed by atoms with Crippen molar-refractivity contribution in [1.29, 1.82) is 0 Å². The molecular weight excluding hydrogens is 471 g/mol. The Morgan fingerprint density at radius 2 is 1.39 bits per heavy atom. The van der Waals surface area contributed by atoms with Crippen LogP contribution in [0.15, 0.2) is 72.8 Å². The van der Waals surface area contributed by atoms with Gasteiger partial charge in [0.1, 0.15) is 29.8 Å². The van der Waals surface area contributed by atoms with Crippen molar-refractivity contribution in [2.24, 2.45) is 0 Å². The van der Waals surface area contributed by atoms with E-state index in [0.717, 1.165) is 24.3 Å². The number of benzene rings is 4. The van der Waals surface area contributed by atoms with E-state index in [1.54, 1.807) is 25.1 Å². The molecule has 4 aromatic rings. The van der Waals surface area contributed by atoms with E-state index in [1.807, 2.05) is 0 Å². The van der Waals surface area contributed by atoms with Crippen molar-refractivity contribution in [3.8, 4) is 29.4 Å². The topological polar surface area (TPSA) is 9.23 Å². The average molecular weight is 488 g/mol. The highest BCUT2D eigenvalue weighted by atomic mass is 19.2. The number of hydrogen-bond acceptors (Lipinski definition) is 1. The molecule has 0 fully saturated rings. The third-order valence-corrected chi connectivity index (χ3v) is 5.15. The monoisotopic (exact) mass is 488 g/mol. The van der Waals surface area contributed by atoms with E-state index in [1.165, 1.54) is 30.3 Å². The Morgan fingerprint density at radius 3 is 2.11 bits per heavy atom. The van der Waals surface area contributed by atoms with Crippen LogP contribution in [0.2, 0.25) is 0 Å². The van der Waals surface area contributed by atoms with Gasteiger partial charge < -0.3 is 4.74 Å². The minimum Gasteiger partial charge on any atom is -0.489 e. The Morgan fingerprint density at radius 1 is 0.694 bits per heavy atom. The summed E-state index contributed by atoms with van der Waals surface area (Å²) in [6, 6.07) is 13.0.